The van der Waals surface area contributed by atoms with Gasteiger partial charge in [0.2, 0.25) is 0 Å². The smallest absolute Gasteiger partial charge is 0.114 e. The minimum atomic E-state index is -0.705. The fourth-order valence-electron chi connectivity index (χ4n) is 1.03. The summed E-state index contributed by atoms with van der Waals surface area (Å²) in [5, 5.41) is 9.62. The predicted octanol–water partition coefficient (Wildman–Crippen LogP) is 1.59. The van der Waals surface area contributed by atoms with Crippen molar-refractivity contribution in [1.29, 1.82) is 5.26 Å². The fourth-order valence-corrected chi connectivity index (χ4v) is 1.80. The van der Waals surface area contributed by atoms with Gasteiger partial charge in [-0.15, -0.1) is 11.8 Å². The molecule has 1 heterocycles. The number of hydrogen-bond acceptors (Lipinski definition) is 5. The van der Waals surface area contributed by atoms with Crippen molar-refractivity contribution >= 4 is 11.8 Å². The van der Waals surface area contributed by atoms with Crippen LogP contribution in [-0.2, 0) is 0 Å². The van der Waals surface area contributed by atoms with Gasteiger partial charge in [-0.25, -0.2) is 4.98 Å². The molecule has 0 bridgehead atoms. The van der Waals surface area contributed by atoms with Crippen LogP contribution >= 0.6 is 11.8 Å². The van der Waals surface area contributed by atoms with Gasteiger partial charge in [0.1, 0.15) is 10.6 Å². The Bertz CT molecular complexity index is 331. The van der Waals surface area contributed by atoms with Crippen LogP contribution in [-0.4, -0.2) is 21.3 Å². The van der Waals surface area contributed by atoms with Crippen LogP contribution in [0.2, 0.25) is 0 Å². The average molecular weight is 222 g/mol. The number of aromatic nitrogens is 2. The SMILES string of the molecule is CC(N)(C#N)CCCSc1cnccn1. The van der Waals surface area contributed by atoms with Gasteiger partial charge in [0.15, 0.2) is 0 Å². The highest BCUT2D eigenvalue weighted by Crippen LogP contribution is 2.17. The van der Waals surface area contributed by atoms with Gasteiger partial charge in [-0.2, -0.15) is 5.26 Å². The summed E-state index contributed by atoms with van der Waals surface area (Å²) in [5.41, 5.74) is 4.99. The zero-order valence-corrected chi connectivity index (χ0v) is 9.50. The highest BCUT2D eigenvalue weighted by molar-refractivity contribution is 7.99. The average Bonchev–Trinajstić information content (AvgIpc) is 2.26. The molecule has 0 radical (unpaired) electrons. The van der Waals surface area contributed by atoms with Crippen LogP contribution in [0.1, 0.15) is 19.8 Å². The summed E-state index contributed by atoms with van der Waals surface area (Å²) < 4.78 is 0. The lowest BCUT2D eigenvalue weighted by Gasteiger charge is -2.13. The molecule has 0 aliphatic heterocycles. The number of thioether (sulfide) groups is 1. The summed E-state index contributed by atoms with van der Waals surface area (Å²) in [6, 6.07) is 2.08. The van der Waals surface area contributed by atoms with E-state index in [4.69, 9.17) is 11.0 Å². The zero-order chi connectivity index (χ0) is 11.1. The van der Waals surface area contributed by atoms with Crippen molar-refractivity contribution < 1.29 is 0 Å². The molecule has 1 aromatic rings. The summed E-state index contributed by atoms with van der Waals surface area (Å²) >= 11 is 1.63. The van der Waals surface area contributed by atoms with E-state index in [1.165, 1.54) is 0 Å². The van der Waals surface area contributed by atoms with E-state index in [2.05, 4.69) is 16.0 Å². The molecule has 1 unspecified atom stereocenters. The number of nitrogens with two attached hydrogens (primary N) is 1. The predicted molar refractivity (Wildman–Crippen MR) is 60.2 cm³/mol. The Hall–Kier alpha value is -1.12. The lowest BCUT2D eigenvalue weighted by molar-refractivity contribution is 0.540. The molecule has 2 N–H and O–H groups in total. The number of rotatable bonds is 5. The summed E-state index contributed by atoms with van der Waals surface area (Å²) in [5.74, 6) is 0.910. The molecule has 1 atom stereocenters. The second-order valence-corrected chi connectivity index (χ2v) is 4.64. The quantitative estimate of drug-likeness (QED) is 0.605. The minimum Gasteiger partial charge on any atom is -0.314 e. The van der Waals surface area contributed by atoms with Crippen molar-refractivity contribution in [1.82, 2.24) is 9.97 Å². The molecule has 15 heavy (non-hydrogen) atoms. The van der Waals surface area contributed by atoms with Crippen LogP contribution < -0.4 is 5.73 Å². The third kappa shape index (κ3) is 4.77. The van der Waals surface area contributed by atoms with Gasteiger partial charge in [0.05, 0.1) is 12.3 Å². The van der Waals surface area contributed by atoms with Gasteiger partial charge in [0.25, 0.3) is 0 Å². The molecule has 1 rings (SSSR count). The van der Waals surface area contributed by atoms with Crippen molar-refractivity contribution in [3.05, 3.63) is 18.6 Å². The molecule has 0 amide bonds. The van der Waals surface area contributed by atoms with Gasteiger partial charge < -0.3 is 5.73 Å². The number of nitriles is 1. The van der Waals surface area contributed by atoms with Crippen LogP contribution in [0.3, 0.4) is 0 Å². The lowest BCUT2D eigenvalue weighted by atomic mass is 10.0. The van der Waals surface area contributed by atoms with Crippen molar-refractivity contribution in [3.8, 4) is 6.07 Å². The highest BCUT2D eigenvalue weighted by atomic mass is 32.2. The molecule has 1 aromatic heterocycles. The first-order chi connectivity index (χ1) is 7.14. The lowest BCUT2D eigenvalue weighted by Crippen LogP contribution is -2.33. The number of nitrogens with zero attached hydrogens (tertiary/aromatic N) is 3. The van der Waals surface area contributed by atoms with Gasteiger partial charge in [-0.1, -0.05) is 0 Å². The van der Waals surface area contributed by atoms with Gasteiger partial charge in [-0.05, 0) is 25.5 Å². The second-order valence-electron chi connectivity index (χ2n) is 3.52. The van der Waals surface area contributed by atoms with Gasteiger partial charge in [-0.3, -0.25) is 4.98 Å². The zero-order valence-electron chi connectivity index (χ0n) is 8.68. The molecule has 0 aliphatic rings. The molecule has 0 aromatic carbocycles. The molecule has 0 aliphatic carbocycles. The Labute approximate surface area is 93.9 Å². The van der Waals surface area contributed by atoms with Crippen LogP contribution in [0.15, 0.2) is 23.6 Å². The molecule has 80 valence electrons. The molecule has 0 saturated heterocycles. The molecule has 0 fully saturated rings. The topological polar surface area (TPSA) is 75.6 Å². The van der Waals surface area contributed by atoms with Crippen LogP contribution in [0.5, 0.6) is 0 Å². The third-order valence-electron chi connectivity index (χ3n) is 1.89. The van der Waals surface area contributed by atoms with E-state index in [1.807, 2.05) is 0 Å². The van der Waals surface area contributed by atoms with E-state index in [0.717, 1.165) is 17.2 Å². The van der Waals surface area contributed by atoms with Crippen LogP contribution in [0.25, 0.3) is 0 Å². The Morgan fingerprint density at radius 1 is 1.60 bits per heavy atom. The van der Waals surface area contributed by atoms with E-state index < -0.39 is 5.54 Å². The first kappa shape index (κ1) is 12.0. The normalized spacial score (nSPS) is 14.2. The van der Waals surface area contributed by atoms with E-state index in [-0.39, 0.29) is 0 Å². The van der Waals surface area contributed by atoms with E-state index in [9.17, 15) is 0 Å². The summed E-state index contributed by atoms with van der Waals surface area (Å²) in [4.78, 5) is 8.11. The monoisotopic (exact) mass is 222 g/mol. The fraction of sp³-hybridized carbons (Fsp3) is 0.500. The molecule has 0 saturated carbocycles. The third-order valence-corrected chi connectivity index (χ3v) is 2.88. The Morgan fingerprint density at radius 3 is 3.00 bits per heavy atom. The summed E-state index contributed by atoms with van der Waals surface area (Å²) in [6.45, 7) is 1.75. The van der Waals surface area contributed by atoms with Crippen molar-refractivity contribution in [3.63, 3.8) is 0 Å². The summed E-state index contributed by atoms with van der Waals surface area (Å²) in [6.07, 6.45) is 6.66. The van der Waals surface area contributed by atoms with E-state index in [0.29, 0.717) is 6.42 Å². The van der Waals surface area contributed by atoms with Crippen LogP contribution in [0.4, 0.5) is 0 Å². The Balaban J connectivity index is 2.21. The van der Waals surface area contributed by atoms with E-state index >= 15 is 0 Å². The molecule has 5 heteroatoms. The first-order valence-electron chi connectivity index (χ1n) is 4.73. The van der Waals surface area contributed by atoms with Crippen LogP contribution in [0, 0.1) is 11.3 Å². The Morgan fingerprint density at radius 2 is 2.40 bits per heavy atom. The minimum absolute atomic E-state index is 0.705. The first-order valence-corrected chi connectivity index (χ1v) is 5.71. The molecular weight excluding hydrogens is 208 g/mol. The maximum Gasteiger partial charge on any atom is 0.114 e. The number of hydrogen-bond donors (Lipinski definition) is 1. The molecular formula is C10H14N4S. The van der Waals surface area contributed by atoms with E-state index in [1.54, 1.807) is 37.3 Å². The maximum atomic E-state index is 8.71. The van der Waals surface area contributed by atoms with Crippen molar-refractivity contribution in [2.75, 3.05) is 5.75 Å². The molecule has 0 spiro atoms. The standard InChI is InChI=1S/C10H14N4S/c1-10(12,8-11)3-2-6-15-9-7-13-4-5-14-9/h4-5,7H,2-3,6,12H2,1H3. The van der Waals surface area contributed by atoms with Crippen molar-refractivity contribution in [2.24, 2.45) is 5.73 Å². The van der Waals surface area contributed by atoms with Gasteiger partial charge in [0, 0.05) is 12.4 Å². The largest absolute Gasteiger partial charge is 0.314 e. The second kappa shape index (κ2) is 5.69. The van der Waals surface area contributed by atoms with Gasteiger partial charge >= 0.3 is 0 Å². The summed E-state index contributed by atoms with van der Waals surface area (Å²) in [7, 11) is 0. The van der Waals surface area contributed by atoms with Crippen molar-refractivity contribution in [2.45, 2.75) is 30.3 Å². The maximum absolute atomic E-state index is 8.71. The highest BCUT2D eigenvalue weighted by Gasteiger charge is 2.15. The Kier molecular flexibility index (Phi) is 4.53. The molecule has 4 nitrogen and oxygen atoms in total.